The number of fused-ring (bicyclic) bond motifs is 1. The summed E-state index contributed by atoms with van der Waals surface area (Å²) in [6.07, 6.45) is 4.71. The molecule has 3 atom stereocenters. The first-order valence-electron chi connectivity index (χ1n) is 8.42. The largest absolute Gasteiger partial charge is 0.368 e. The SMILES string of the molecule is CN(C)C(=O)COC1CCC[C@@H]2CN(C(=O)c3ncn(C)n3)C[C@H]12. The van der Waals surface area contributed by atoms with Gasteiger partial charge in [-0.05, 0) is 18.8 Å². The summed E-state index contributed by atoms with van der Waals surface area (Å²) in [7, 11) is 5.20. The van der Waals surface area contributed by atoms with E-state index < -0.39 is 0 Å². The molecule has 2 fully saturated rings. The monoisotopic (exact) mass is 335 g/mol. The van der Waals surface area contributed by atoms with Crippen LogP contribution in [0.5, 0.6) is 0 Å². The van der Waals surface area contributed by atoms with Crippen molar-refractivity contribution in [2.75, 3.05) is 33.8 Å². The molecular weight excluding hydrogens is 310 g/mol. The lowest BCUT2D eigenvalue weighted by Gasteiger charge is -2.32. The Morgan fingerprint density at radius 3 is 2.79 bits per heavy atom. The first kappa shape index (κ1) is 16.9. The fourth-order valence-corrected chi connectivity index (χ4v) is 3.68. The van der Waals surface area contributed by atoms with Crippen molar-refractivity contribution in [2.45, 2.75) is 25.4 Å². The number of likely N-dealkylation sites (N-methyl/N-ethyl adjacent to an activating group) is 1. The predicted octanol–water partition coefficient (Wildman–Crippen LogP) is 0.161. The molecule has 0 bridgehead atoms. The van der Waals surface area contributed by atoms with Crippen molar-refractivity contribution in [2.24, 2.45) is 18.9 Å². The molecule has 24 heavy (non-hydrogen) atoms. The van der Waals surface area contributed by atoms with Crippen molar-refractivity contribution < 1.29 is 14.3 Å². The first-order chi connectivity index (χ1) is 11.5. The summed E-state index contributed by atoms with van der Waals surface area (Å²) in [6, 6.07) is 0. The fourth-order valence-electron chi connectivity index (χ4n) is 3.68. The van der Waals surface area contributed by atoms with Crippen molar-refractivity contribution in [3.63, 3.8) is 0 Å². The number of ether oxygens (including phenoxy) is 1. The Kier molecular flexibility index (Phi) is 4.84. The van der Waals surface area contributed by atoms with Crippen LogP contribution < -0.4 is 0 Å². The first-order valence-corrected chi connectivity index (χ1v) is 8.42. The number of hydrogen-bond donors (Lipinski definition) is 0. The second-order valence-electron chi connectivity index (χ2n) is 6.94. The summed E-state index contributed by atoms with van der Waals surface area (Å²) in [6.45, 7) is 1.49. The molecule has 1 aliphatic carbocycles. The van der Waals surface area contributed by atoms with E-state index in [9.17, 15) is 9.59 Å². The third kappa shape index (κ3) is 3.43. The molecule has 8 heteroatoms. The van der Waals surface area contributed by atoms with Gasteiger partial charge in [-0.1, -0.05) is 6.42 Å². The third-order valence-electron chi connectivity index (χ3n) is 5.03. The van der Waals surface area contributed by atoms with E-state index in [0.29, 0.717) is 18.4 Å². The number of aryl methyl sites for hydroxylation is 1. The van der Waals surface area contributed by atoms with Gasteiger partial charge in [0, 0.05) is 40.2 Å². The van der Waals surface area contributed by atoms with Crippen LogP contribution in [0.25, 0.3) is 0 Å². The number of carbonyl (C=O) groups excluding carboxylic acids is 2. The second-order valence-corrected chi connectivity index (χ2v) is 6.94. The molecule has 0 N–H and O–H groups in total. The van der Waals surface area contributed by atoms with Gasteiger partial charge in [0.05, 0.1) is 6.10 Å². The number of carbonyl (C=O) groups is 2. The highest BCUT2D eigenvalue weighted by molar-refractivity contribution is 5.90. The van der Waals surface area contributed by atoms with Crippen molar-refractivity contribution in [3.8, 4) is 0 Å². The van der Waals surface area contributed by atoms with Gasteiger partial charge in [0.25, 0.3) is 5.91 Å². The van der Waals surface area contributed by atoms with E-state index in [4.69, 9.17) is 4.74 Å². The summed E-state index contributed by atoms with van der Waals surface area (Å²) in [5.41, 5.74) is 0. The molecule has 2 amide bonds. The normalized spacial score (nSPS) is 26.3. The molecule has 3 rings (SSSR count). The summed E-state index contributed by atoms with van der Waals surface area (Å²) in [5.74, 6) is 0.831. The molecule has 2 aliphatic rings. The minimum Gasteiger partial charge on any atom is -0.368 e. The molecule has 1 saturated heterocycles. The zero-order chi connectivity index (χ0) is 17.3. The molecule has 1 aliphatic heterocycles. The average Bonchev–Trinajstić information content (AvgIpc) is 3.17. The highest BCUT2D eigenvalue weighted by Gasteiger charge is 2.43. The molecule has 8 nitrogen and oxygen atoms in total. The Hall–Kier alpha value is -1.96. The van der Waals surface area contributed by atoms with E-state index in [1.807, 2.05) is 4.90 Å². The smallest absolute Gasteiger partial charge is 0.293 e. The zero-order valence-electron chi connectivity index (χ0n) is 14.5. The van der Waals surface area contributed by atoms with Gasteiger partial charge in [0.1, 0.15) is 12.9 Å². The van der Waals surface area contributed by atoms with Gasteiger partial charge >= 0.3 is 0 Å². The van der Waals surface area contributed by atoms with Gasteiger partial charge in [-0.2, -0.15) is 0 Å². The van der Waals surface area contributed by atoms with Crippen LogP contribution in [0.15, 0.2) is 6.33 Å². The van der Waals surface area contributed by atoms with Crippen molar-refractivity contribution in [3.05, 3.63) is 12.2 Å². The maximum absolute atomic E-state index is 12.6. The maximum Gasteiger partial charge on any atom is 0.293 e. The Morgan fingerprint density at radius 1 is 1.33 bits per heavy atom. The van der Waals surface area contributed by atoms with Crippen molar-refractivity contribution >= 4 is 11.8 Å². The standard InChI is InChI=1S/C16H25N5O3/c1-19(2)14(22)9-24-13-6-4-5-11-7-21(8-12(11)13)16(23)15-17-10-20(3)18-15/h10-13H,4-9H2,1-3H3/t11-,12+,13?/m1/s1. The van der Waals surface area contributed by atoms with Crippen LogP contribution >= 0.6 is 0 Å². The number of aromatic nitrogens is 3. The predicted molar refractivity (Wildman–Crippen MR) is 86.2 cm³/mol. The highest BCUT2D eigenvalue weighted by Crippen LogP contribution is 2.38. The minimum atomic E-state index is -0.117. The molecule has 1 saturated carbocycles. The van der Waals surface area contributed by atoms with Gasteiger partial charge < -0.3 is 14.5 Å². The van der Waals surface area contributed by atoms with Crippen LogP contribution in [-0.2, 0) is 16.6 Å². The van der Waals surface area contributed by atoms with E-state index >= 15 is 0 Å². The highest BCUT2D eigenvalue weighted by atomic mass is 16.5. The molecule has 0 spiro atoms. The molecule has 1 aromatic heterocycles. The molecular formula is C16H25N5O3. The summed E-state index contributed by atoms with van der Waals surface area (Å²) >= 11 is 0. The summed E-state index contributed by atoms with van der Waals surface area (Å²) < 4.78 is 7.43. The summed E-state index contributed by atoms with van der Waals surface area (Å²) in [5, 5.41) is 4.10. The maximum atomic E-state index is 12.6. The quantitative estimate of drug-likeness (QED) is 0.783. The lowest BCUT2D eigenvalue weighted by Crippen LogP contribution is -2.37. The Morgan fingerprint density at radius 2 is 2.12 bits per heavy atom. The van der Waals surface area contributed by atoms with Crippen molar-refractivity contribution in [1.29, 1.82) is 0 Å². The number of amides is 2. The van der Waals surface area contributed by atoms with Crippen LogP contribution in [0.1, 0.15) is 29.9 Å². The van der Waals surface area contributed by atoms with Crippen LogP contribution in [0.2, 0.25) is 0 Å². The number of rotatable bonds is 4. The zero-order valence-corrected chi connectivity index (χ0v) is 14.5. The second kappa shape index (κ2) is 6.88. The van der Waals surface area contributed by atoms with Gasteiger partial charge in [-0.15, -0.1) is 5.10 Å². The number of likely N-dealkylation sites (tertiary alicyclic amines) is 1. The molecule has 0 radical (unpaired) electrons. The van der Waals surface area contributed by atoms with E-state index in [-0.39, 0.29) is 30.3 Å². The van der Waals surface area contributed by atoms with Crippen molar-refractivity contribution in [1.82, 2.24) is 24.6 Å². The Labute approximate surface area is 141 Å². The molecule has 1 unspecified atom stereocenters. The fraction of sp³-hybridized carbons (Fsp3) is 0.750. The third-order valence-corrected chi connectivity index (χ3v) is 5.03. The summed E-state index contributed by atoms with van der Waals surface area (Å²) in [4.78, 5) is 31.7. The van der Waals surface area contributed by atoms with Gasteiger partial charge in [0.2, 0.25) is 11.7 Å². The lowest BCUT2D eigenvalue weighted by molar-refractivity contribution is -0.138. The van der Waals surface area contributed by atoms with Crippen LogP contribution in [0.4, 0.5) is 0 Å². The molecule has 1 aromatic rings. The average molecular weight is 335 g/mol. The van der Waals surface area contributed by atoms with E-state index in [1.165, 1.54) is 15.9 Å². The van der Waals surface area contributed by atoms with E-state index in [2.05, 4.69) is 10.1 Å². The van der Waals surface area contributed by atoms with Gasteiger partial charge in [0.15, 0.2) is 0 Å². The van der Waals surface area contributed by atoms with Gasteiger partial charge in [-0.25, -0.2) is 4.98 Å². The molecule has 132 valence electrons. The Balaban J connectivity index is 1.62. The topological polar surface area (TPSA) is 80.6 Å². The van der Waals surface area contributed by atoms with E-state index in [1.54, 1.807) is 21.1 Å². The Bertz CT molecular complexity index is 615. The minimum absolute atomic E-state index is 0.0271. The number of nitrogens with zero attached hydrogens (tertiary/aromatic N) is 5. The number of hydrogen-bond acceptors (Lipinski definition) is 5. The van der Waals surface area contributed by atoms with Crippen LogP contribution in [0.3, 0.4) is 0 Å². The molecule has 2 heterocycles. The van der Waals surface area contributed by atoms with Crippen LogP contribution in [0, 0.1) is 11.8 Å². The van der Waals surface area contributed by atoms with E-state index in [0.717, 1.165) is 25.8 Å². The molecule has 0 aromatic carbocycles. The van der Waals surface area contributed by atoms with Gasteiger partial charge in [-0.3, -0.25) is 14.3 Å². The lowest BCUT2D eigenvalue weighted by atomic mass is 9.79. The van der Waals surface area contributed by atoms with Crippen LogP contribution in [-0.4, -0.2) is 76.3 Å².